The molecule has 0 amide bonds. The summed E-state index contributed by atoms with van der Waals surface area (Å²) in [6.07, 6.45) is -1.81. The number of likely N-dealkylation sites (tertiary alicyclic amines) is 1. The van der Waals surface area contributed by atoms with Crippen molar-refractivity contribution in [1.82, 2.24) is 4.90 Å². The van der Waals surface area contributed by atoms with Gasteiger partial charge in [-0.15, -0.1) is 0 Å². The Hall–Kier alpha value is -1.29. The van der Waals surface area contributed by atoms with Gasteiger partial charge < -0.3 is 4.90 Å². The van der Waals surface area contributed by atoms with Gasteiger partial charge in [0.2, 0.25) is 0 Å². The number of nitrogens with zero attached hydrogens (tertiary/aromatic N) is 1. The summed E-state index contributed by atoms with van der Waals surface area (Å²) in [4.78, 5) is 2.39. The SMILES string of the molecule is C=C(c1ccc(C(F)(F)F)cc1)[C@H](C)CN1CCCC1. The lowest BCUT2D eigenvalue weighted by atomic mass is 9.94. The van der Waals surface area contributed by atoms with E-state index in [0.29, 0.717) is 0 Å². The molecule has 0 aromatic heterocycles. The van der Waals surface area contributed by atoms with Crippen LogP contribution in [0.1, 0.15) is 30.9 Å². The van der Waals surface area contributed by atoms with Gasteiger partial charge in [0.05, 0.1) is 5.56 Å². The van der Waals surface area contributed by atoms with Crippen molar-refractivity contribution in [1.29, 1.82) is 0 Å². The molecule has 2 rings (SSSR count). The molecule has 0 unspecified atom stereocenters. The molecule has 110 valence electrons. The molecule has 1 aromatic rings. The number of hydrogen-bond acceptors (Lipinski definition) is 1. The predicted octanol–water partition coefficient (Wildman–Crippen LogP) is 4.45. The van der Waals surface area contributed by atoms with Gasteiger partial charge >= 0.3 is 6.18 Å². The van der Waals surface area contributed by atoms with E-state index in [1.165, 1.54) is 25.0 Å². The Labute approximate surface area is 118 Å². The van der Waals surface area contributed by atoms with Gasteiger partial charge in [0.15, 0.2) is 0 Å². The lowest BCUT2D eigenvalue weighted by Gasteiger charge is -2.22. The second kappa shape index (κ2) is 6.00. The highest BCUT2D eigenvalue weighted by molar-refractivity contribution is 5.65. The third kappa shape index (κ3) is 3.63. The summed E-state index contributed by atoms with van der Waals surface area (Å²) in [7, 11) is 0. The maximum absolute atomic E-state index is 12.5. The first kappa shape index (κ1) is 15.1. The monoisotopic (exact) mass is 283 g/mol. The van der Waals surface area contributed by atoms with E-state index in [2.05, 4.69) is 18.4 Å². The molecule has 1 nitrogen and oxygen atoms in total. The summed E-state index contributed by atoms with van der Waals surface area (Å²) >= 11 is 0. The summed E-state index contributed by atoms with van der Waals surface area (Å²) in [5.74, 6) is 0.254. The standard InChI is InChI=1S/C16H20F3N/c1-12(11-20-9-3-4-10-20)13(2)14-5-7-15(8-6-14)16(17,18)19/h5-8,12H,2-4,9-11H2,1H3/t12-/m1/s1. The molecule has 0 saturated carbocycles. The molecule has 1 aliphatic heterocycles. The van der Waals surface area contributed by atoms with Crippen LogP contribution in [0, 0.1) is 5.92 Å². The predicted molar refractivity (Wildman–Crippen MR) is 75.3 cm³/mol. The Morgan fingerprint density at radius 2 is 1.75 bits per heavy atom. The van der Waals surface area contributed by atoms with Crippen molar-refractivity contribution in [2.24, 2.45) is 5.92 Å². The average Bonchev–Trinajstić information content (AvgIpc) is 2.90. The van der Waals surface area contributed by atoms with E-state index in [1.807, 2.05) is 0 Å². The maximum Gasteiger partial charge on any atom is 0.416 e. The molecule has 4 heteroatoms. The molecule has 0 N–H and O–H groups in total. The van der Waals surface area contributed by atoms with Gasteiger partial charge in [-0.05, 0) is 55.1 Å². The highest BCUT2D eigenvalue weighted by Crippen LogP contribution is 2.31. The Morgan fingerprint density at radius 3 is 2.25 bits per heavy atom. The normalized spacial score (nSPS) is 18.2. The Bertz CT molecular complexity index is 456. The first-order valence-corrected chi connectivity index (χ1v) is 6.96. The molecule has 1 atom stereocenters. The van der Waals surface area contributed by atoms with Crippen LogP contribution < -0.4 is 0 Å². The summed E-state index contributed by atoms with van der Waals surface area (Å²) in [5, 5.41) is 0. The Balaban J connectivity index is 2.01. The largest absolute Gasteiger partial charge is 0.416 e. The topological polar surface area (TPSA) is 3.24 Å². The second-order valence-corrected chi connectivity index (χ2v) is 5.51. The van der Waals surface area contributed by atoms with Gasteiger partial charge in [-0.2, -0.15) is 13.2 Å². The van der Waals surface area contributed by atoms with Gasteiger partial charge in [-0.25, -0.2) is 0 Å². The Morgan fingerprint density at radius 1 is 1.20 bits per heavy atom. The smallest absolute Gasteiger partial charge is 0.303 e. The van der Waals surface area contributed by atoms with Crippen molar-refractivity contribution >= 4 is 5.57 Å². The lowest BCUT2D eigenvalue weighted by molar-refractivity contribution is -0.137. The summed E-state index contributed by atoms with van der Waals surface area (Å²) in [6.45, 7) is 9.29. The van der Waals surface area contributed by atoms with Crippen molar-refractivity contribution < 1.29 is 13.2 Å². The van der Waals surface area contributed by atoms with Crippen LogP contribution >= 0.6 is 0 Å². The van der Waals surface area contributed by atoms with Crippen LogP contribution in [0.4, 0.5) is 13.2 Å². The highest BCUT2D eigenvalue weighted by atomic mass is 19.4. The first-order valence-electron chi connectivity index (χ1n) is 6.96. The molecule has 1 aromatic carbocycles. The van der Waals surface area contributed by atoms with E-state index in [9.17, 15) is 13.2 Å². The minimum Gasteiger partial charge on any atom is -0.303 e. The third-order valence-electron chi connectivity index (χ3n) is 3.91. The van der Waals surface area contributed by atoms with Crippen LogP contribution in [-0.2, 0) is 6.18 Å². The zero-order valence-electron chi connectivity index (χ0n) is 11.7. The molecule has 1 heterocycles. The van der Waals surface area contributed by atoms with E-state index in [4.69, 9.17) is 0 Å². The quantitative estimate of drug-likeness (QED) is 0.789. The van der Waals surface area contributed by atoms with Crippen LogP contribution in [0.15, 0.2) is 30.8 Å². The molecule has 0 aliphatic carbocycles. The molecule has 1 fully saturated rings. The van der Waals surface area contributed by atoms with Crippen molar-refractivity contribution in [3.63, 3.8) is 0 Å². The zero-order valence-corrected chi connectivity index (χ0v) is 11.7. The second-order valence-electron chi connectivity index (χ2n) is 5.51. The van der Waals surface area contributed by atoms with Crippen molar-refractivity contribution in [3.05, 3.63) is 42.0 Å². The van der Waals surface area contributed by atoms with Gasteiger partial charge in [0.1, 0.15) is 0 Å². The maximum atomic E-state index is 12.5. The molecule has 0 bridgehead atoms. The molecule has 1 aliphatic rings. The lowest BCUT2D eigenvalue weighted by Crippen LogP contribution is -2.25. The Kier molecular flexibility index (Phi) is 4.53. The van der Waals surface area contributed by atoms with E-state index in [1.54, 1.807) is 0 Å². The molecular formula is C16H20F3N. The van der Waals surface area contributed by atoms with Crippen LogP contribution in [0.3, 0.4) is 0 Å². The number of hydrogen-bond donors (Lipinski definition) is 0. The van der Waals surface area contributed by atoms with Crippen molar-refractivity contribution in [2.45, 2.75) is 25.9 Å². The first-order chi connectivity index (χ1) is 9.38. The van der Waals surface area contributed by atoms with Gasteiger partial charge in [-0.1, -0.05) is 25.6 Å². The summed E-state index contributed by atoms with van der Waals surface area (Å²) < 4.78 is 37.6. The van der Waals surface area contributed by atoms with Crippen LogP contribution in [0.5, 0.6) is 0 Å². The van der Waals surface area contributed by atoms with E-state index >= 15 is 0 Å². The number of halogens is 3. The van der Waals surface area contributed by atoms with E-state index in [-0.39, 0.29) is 5.92 Å². The summed E-state index contributed by atoms with van der Waals surface area (Å²) in [5.41, 5.74) is 1.09. The molecular weight excluding hydrogens is 263 g/mol. The van der Waals surface area contributed by atoms with Crippen molar-refractivity contribution in [3.8, 4) is 0 Å². The zero-order chi connectivity index (χ0) is 14.8. The van der Waals surface area contributed by atoms with Crippen LogP contribution in [0.25, 0.3) is 5.57 Å². The number of benzene rings is 1. The van der Waals surface area contributed by atoms with Gasteiger partial charge in [-0.3, -0.25) is 0 Å². The fraction of sp³-hybridized carbons (Fsp3) is 0.500. The molecule has 1 saturated heterocycles. The fourth-order valence-electron chi connectivity index (χ4n) is 2.62. The number of alkyl halides is 3. The number of rotatable bonds is 4. The minimum atomic E-state index is -4.28. The molecule has 0 radical (unpaired) electrons. The fourth-order valence-corrected chi connectivity index (χ4v) is 2.62. The van der Waals surface area contributed by atoms with E-state index in [0.717, 1.165) is 42.9 Å². The minimum absolute atomic E-state index is 0.254. The van der Waals surface area contributed by atoms with Gasteiger partial charge in [0, 0.05) is 6.54 Å². The van der Waals surface area contributed by atoms with E-state index < -0.39 is 11.7 Å². The summed E-state index contributed by atoms with van der Waals surface area (Å²) in [6, 6.07) is 5.30. The molecule has 20 heavy (non-hydrogen) atoms. The van der Waals surface area contributed by atoms with Crippen molar-refractivity contribution in [2.75, 3.05) is 19.6 Å². The van der Waals surface area contributed by atoms with Crippen LogP contribution in [-0.4, -0.2) is 24.5 Å². The average molecular weight is 283 g/mol. The highest BCUT2D eigenvalue weighted by Gasteiger charge is 2.30. The molecule has 0 spiro atoms. The van der Waals surface area contributed by atoms with Crippen LogP contribution in [0.2, 0.25) is 0 Å². The van der Waals surface area contributed by atoms with Gasteiger partial charge in [0.25, 0.3) is 0 Å². The third-order valence-corrected chi connectivity index (χ3v) is 3.91.